The highest BCUT2D eigenvalue weighted by Gasteiger charge is 2.22. The third-order valence-corrected chi connectivity index (χ3v) is 6.63. The van der Waals surface area contributed by atoms with Crippen LogP contribution < -0.4 is 14.2 Å². The maximum Gasteiger partial charge on any atom is 0.292 e. The first kappa shape index (κ1) is 18.1. The average Bonchev–Trinajstić information content (AvgIpc) is 2.55. The summed E-state index contributed by atoms with van der Waals surface area (Å²) in [6.07, 6.45) is 3.22. The van der Waals surface area contributed by atoms with Crippen LogP contribution in [0.15, 0.2) is 42.2 Å². The predicted octanol–water partition coefficient (Wildman–Crippen LogP) is 6.25. The zero-order valence-electron chi connectivity index (χ0n) is 10.9. The molecule has 0 radical (unpaired) electrons. The molecule has 0 spiro atoms. The van der Waals surface area contributed by atoms with Gasteiger partial charge < -0.3 is 14.2 Å². The van der Waals surface area contributed by atoms with E-state index >= 15 is 0 Å². The monoisotopic (exact) mass is 564 g/mol. The number of hydrogen-bond acceptors (Lipinski definition) is 5. The van der Waals surface area contributed by atoms with E-state index in [1.54, 1.807) is 36.8 Å². The molecule has 0 aromatic heterocycles. The Labute approximate surface area is 165 Å². The van der Waals surface area contributed by atoms with Crippen LogP contribution in [0.25, 0.3) is 0 Å². The van der Waals surface area contributed by atoms with Gasteiger partial charge in [0.05, 0.1) is 17.9 Å². The van der Waals surface area contributed by atoms with Crippen LogP contribution in [-0.2, 0) is 0 Å². The summed E-state index contributed by atoms with van der Waals surface area (Å²) in [5.74, 6) is 1.74. The molecule has 0 atom stereocenters. The Morgan fingerprint density at radius 2 is 1.09 bits per heavy atom. The van der Waals surface area contributed by atoms with Crippen molar-refractivity contribution >= 4 is 63.7 Å². The van der Waals surface area contributed by atoms with Crippen LogP contribution in [0, 0.1) is 23.0 Å². The summed E-state index contributed by atoms with van der Waals surface area (Å²) in [7, 11) is 0. The maximum absolute atomic E-state index is 8.71. The largest absolute Gasteiger partial charge is 0.455 e. The third kappa shape index (κ3) is 3.99. The molecule has 23 heavy (non-hydrogen) atoms. The third-order valence-electron chi connectivity index (χ3n) is 2.54. The van der Waals surface area contributed by atoms with E-state index in [2.05, 4.69) is 63.7 Å². The van der Waals surface area contributed by atoms with Crippen molar-refractivity contribution in [2.75, 3.05) is 0 Å². The molecule has 0 saturated carbocycles. The fraction of sp³-hybridized carbons (Fsp3) is 0. The zero-order chi connectivity index (χ0) is 17.0. The van der Waals surface area contributed by atoms with Crippen LogP contribution in [0.5, 0.6) is 23.0 Å². The van der Waals surface area contributed by atoms with Gasteiger partial charge in [0.1, 0.15) is 11.5 Å². The van der Waals surface area contributed by atoms with Crippen LogP contribution in [0.1, 0.15) is 0 Å². The summed E-state index contributed by atoms with van der Waals surface area (Å²) < 4.78 is 17.6. The van der Waals surface area contributed by atoms with Gasteiger partial charge in [-0.15, -0.1) is 10.5 Å². The molecule has 0 aliphatic rings. The van der Waals surface area contributed by atoms with Crippen LogP contribution in [0.4, 0.5) is 0 Å². The van der Waals surface area contributed by atoms with E-state index in [9.17, 15) is 0 Å². The second kappa shape index (κ2) is 8.02. The van der Waals surface area contributed by atoms with Gasteiger partial charge in [0, 0.05) is 0 Å². The van der Waals surface area contributed by atoms with Crippen molar-refractivity contribution in [2.45, 2.75) is 0 Å². The second-order valence-electron chi connectivity index (χ2n) is 3.87. The van der Waals surface area contributed by atoms with Gasteiger partial charge in [0.15, 0.2) is 11.5 Å². The Balaban J connectivity index is 2.41. The Kier molecular flexibility index (Phi) is 6.31. The first-order valence-corrected chi connectivity index (χ1v) is 8.92. The molecule has 0 N–H and O–H groups in total. The molecule has 0 saturated heterocycles. The first-order chi connectivity index (χ1) is 11.0. The molecule has 2 rings (SSSR count). The average molecular weight is 568 g/mol. The normalized spacial score (nSPS) is 9.65. The van der Waals surface area contributed by atoms with Crippen LogP contribution in [0.3, 0.4) is 0 Å². The minimum atomic E-state index is 0.316. The van der Waals surface area contributed by atoms with Gasteiger partial charge in [-0.1, -0.05) is 0 Å². The van der Waals surface area contributed by atoms with E-state index in [0.29, 0.717) is 40.9 Å². The summed E-state index contributed by atoms with van der Waals surface area (Å²) >= 11 is 13.5. The lowest BCUT2D eigenvalue weighted by molar-refractivity contribution is 0.463. The van der Waals surface area contributed by atoms with E-state index in [-0.39, 0.29) is 0 Å². The van der Waals surface area contributed by atoms with Crippen molar-refractivity contribution in [3.05, 3.63) is 42.2 Å². The number of nitriles is 2. The predicted molar refractivity (Wildman–Crippen MR) is 96.2 cm³/mol. The number of rotatable bonds is 4. The molecular weight excluding hydrogens is 564 g/mol. The fourth-order valence-corrected chi connectivity index (χ4v) is 3.93. The number of nitrogens with zero attached hydrogens (tertiary/aromatic N) is 2. The molecule has 116 valence electrons. The van der Waals surface area contributed by atoms with E-state index in [1.807, 2.05) is 0 Å². The van der Waals surface area contributed by atoms with Crippen molar-refractivity contribution < 1.29 is 14.2 Å². The lowest BCUT2D eigenvalue weighted by Gasteiger charge is -2.15. The van der Waals surface area contributed by atoms with E-state index in [0.717, 1.165) is 0 Å². The summed E-state index contributed by atoms with van der Waals surface area (Å²) in [5.41, 5.74) is 0. The van der Waals surface area contributed by atoms with Gasteiger partial charge in [0.2, 0.25) is 0 Å². The number of ether oxygens (including phenoxy) is 3. The molecule has 0 aliphatic heterocycles. The summed E-state index contributed by atoms with van der Waals surface area (Å²) in [5, 5.41) is 17.2. The summed E-state index contributed by atoms with van der Waals surface area (Å²) in [4.78, 5) is 0. The minimum Gasteiger partial charge on any atom is -0.455 e. The standard InChI is InChI=1S/C14H4Br4N2O3/c15-9-11(17)14(12(18)10(16)13(9)22-6-20)23-8-3-1-7(2-4-8)21-5-19/h1-4H. The quantitative estimate of drug-likeness (QED) is 0.323. The molecule has 5 nitrogen and oxygen atoms in total. The molecule has 2 aromatic rings. The van der Waals surface area contributed by atoms with Crippen molar-refractivity contribution in [1.82, 2.24) is 0 Å². The van der Waals surface area contributed by atoms with Crippen molar-refractivity contribution in [3.8, 4) is 35.5 Å². The Hall–Kier alpha value is -1.26. The number of hydrogen-bond donors (Lipinski definition) is 0. The molecule has 0 fully saturated rings. The van der Waals surface area contributed by atoms with Crippen molar-refractivity contribution in [1.29, 1.82) is 10.5 Å². The summed E-state index contributed by atoms with van der Waals surface area (Å²) in [6, 6.07) is 6.54. The van der Waals surface area contributed by atoms with Crippen molar-refractivity contribution in [2.24, 2.45) is 0 Å². The molecule has 0 bridgehead atoms. The van der Waals surface area contributed by atoms with Gasteiger partial charge in [0.25, 0.3) is 12.5 Å². The van der Waals surface area contributed by atoms with Crippen LogP contribution in [-0.4, -0.2) is 0 Å². The SMILES string of the molecule is N#COc1ccc(Oc2c(Br)c(Br)c(OC#N)c(Br)c2Br)cc1. The van der Waals surface area contributed by atoms with Gasteiger partial charge in [-0.05, 0) is 88.0 Å². The maximum atomic E-state index is 8.71. The molecule has 0 unspecified atom stereocenters. The fourth-order valence-electron chi connectivity index (χ4n) is 1.56. The highest BCUT2D eigenvalue weighted by Crippen LogP contribution is 2.51. The smallest absolute Gasteiger partial charge is 0.292 e. The van der Waals surface area contributed by atoms with Crippen molar-refractivity contribution in [3.63, 3.8) is 0 Å². The highest BCUT2D eigenvalue weighted by atomic mass is 79.9. The van der Waals surface area contributed by atoms with E-state index < -0.39 is 0 Å². The highest BCUT2D eigenvalue weighted by molar-refractivity contribution is 9.14. The Morgan fingerprint density at radius 3 is 1.57 bits per heavy atom. The van der Waals surface area contributed by atoms with E-state index in [1.165, 1.54) is 0 Å². The number of benzene rings is 2. The second-order valence-corrected chi connectivity index (χ2v) is 7.05. The minimum absolute atomic E-state index is 0.316. The van der Waals surface area contributed by atoms with Gasteiger partial charge in [-0.25, -0.2) is 0 Å². The molecule has 0 heterocycles. The molecular formula is C14H4Br4N2O3. The van der Waals surface area contributed by atoms with Gasteiger partial charge in [-0.2, -0.15) is 0 Å². The lowest BCUT2D eigenvalue weighted by Crippen LogP contribution is -1.93. The topological polar surface area (TPSA) is 75.3 Å². The zero-order valence-corrected chi connectivity index (χ0v) is 17.3. The lowest BCUT2D eigenvalue weighted by atomic mass is 10.3. The van der Waals surface area contributed by atoms with Gasteiger partial charge >= 0.3 is 0 Å². The molecule has 0 amide bonds. The Bertz CT molecular complexity index is 797. The number of halogens is 4. The summed E-state index contributed by atoms with van der Waals surface area (Å²) in [6.45, 7) is 0. The first-order valence-electron chi connectivity index (χ1n) is 5.75. The van der Waals surface area contributed by atoms with Gasteiger partial charge in [-0.3, -0.25) is 0 Å². The Morgan fingerprint density at radius 1 is 0.652 bits per heavy atom. The van der Waals surface area contributed by atoms with Crippen LogP contribution in [0.2, 0.25) is 0 Å². The molecule has 2 aromatic carbocycles. The van der Waals surface area contributed by atoms with E-state index in [4.69, 9.17) is 24.7 Å². The molecule has 9 heteroatoms. The van der Waals surface area contributed by atoms with Crippen LogP contribution >= 0.6 is 63.7 Å². The molecule has 0 aliphatic carbocycles.